The zero-order chi connectivity index (χ0) is 13.6. The van der Waals surface area contributed by atoms with E-state index in [0.717, 1.165) is 12.8 Å². The van der Waals surface area contributed by atoms with E-state index in [-0.39, 0.29) is 6.10 Å². The van der Waals surface area contributed by atoms with Crippen molar-refractivity contribution in [3.05, 3.63) is 17.4 Å². The monoisotopic (exact) mass is 284 g/mol. The Hall–Kier alpha value is -1.07. The van der Waals surface area contributed by atoms with Crippen LogP contribution in [0.3, 0.4) is 0 Å². The summed E-state index contributed by atoms with van der Waals surface area (Å²) >= 11 is 5.88. The minimum Gasteiger partial charge on any atom is -0.479 e. The number of aliphatic carboxylic acids is 1. The van der Waals surface area contributed by atoms with Gasteiger partial charge in [0.05, 0.1) is 17.3 Å². The lowest BCUT2D eigenvalue weighted by Crippen LogP contribution is -2.40. The number of carbonyl (C=O) groups is 1. The molecule has 0 radical (unpaired) electrons. The van der Waals surface area contributed by atoms with Crippen LogP contribution < -0.4 is 0 Å². The number of methoxy groups -OCH3 is 1. The second-order valence-corrected chi connectivity index (χ2v) is 6.13. The normalized spacial score (nSPS) is 37.5. The maximum absolute atomic E-state index is 11.8. The van der Waals surface area contributed by atoms with Crippen molar-refractivity contribution in [3.8, 4) is 0 Å². The Labute approximate surface area is 116 Å². The second kappa shape index (κ2) is 4.49. The number of hydrogen-bond donors (Lipinski definition) is 1. The van der Waals surface area contributed by atoms with Crippen molar-refractivity contribution in [2.24, 2.45) is 11.8 Å². The summed E-state index contributed by atoms with van der Waals surface area (Å²) in [5.41, 5.74) is -0.929. The topological polar surface area (TPSA) is 64.3 Å². The highest BCUT2D eigenvalue weighted by Crippen LogP contribution is 2.52. The maximum atomic E-state index is 11.8. The molecule has 0 bridgehead atoms. The molecule has 0 saturated heterocycles. The number of aromatic nitrogens is 2. The summed E-state index contributed by atoms with van der Waals surface area (Å²) in [4.78, 5) is 11.8. The van der Waals surface area contributed by atoms with Gasteiger partial charge >= 0.3 is 5.97 Å². The third kappa shape index (κ3) is 1.96. The first kappa shape index (κ1) is 12.9. The van der Waals surface area contributed by atoms with E-state index in [1.165, 1.54) is 10.9 Å². The van der Waals surface area contributed by atoms with E-state index in [1.807, 2.05) is 0 Å². The van der Waals surface area contributed by atoms with Crippen LogP contribution in [0.5, 0.6) is 0 Å². The Morgan fingerprint density at radius 2 is 2.16 bits per heavy atom. The molecule has 0 amide bonds. The van der Waals surface area contributed by atoms with Gasteiger partial charge in [-0.25, -0.2) is 4.79 Å². The summed E-state index contributed by atoms with van der Waals surface area (Å²) in [6, 6.07) is 0. The zero-order valence-electron chi connectivity index (χ0n) is 10.8. The molecule has 5 nitrogen and oxygen atoms in total. The molecule has 0 aromatic carbocycles. The Bertz CT molecular complexity index is 488. The first-order valence-electron chi connectivity index (χ1n) is 6.52. The average molecular weight is 285 g/mol. The molecule has 104 valence electrons. The molecule has 1 aromatic rings. The van der Waals surface area contributed by atoms with Crippen LogP contribution in [0.2, 0.25) is 5.02 Å². The van der Waals surface area contributed by atoms with Crippen LogP contribution in [0.15, 0.2) is 12.4 Å². The van der Waals surface area contributed by atoms with Crippen molar-refractivity contribution in [2.75, 3.05) is 7.11 Å². The van der Waals surface area contributed by atoms with Crippen molar-refractivity contribution < 1.29 is 14.6 Å². The van der Waals surface area contributed by atoms with E-state index in [2.05, 4.69) is 5.10 Å². The molecule has 2 saturated carbocycles. The van der Waals surface area contributed by atoms with Gasteiger partial charge in [0.2, 0.25) is 0 Å². The smallest absolute Gasteiger partial charge is 0.331 e. The minimum atomic E-state index is -0.929. The fourth-order valence-corrected chi connectivity index (χ4v) is 3.93. The SMILES string of the molecule is COC1C[C@@H]2CC(C(=O)O)(n3cc(Cl)cn3)C[C@@H]2C1. The van der Waals surface area contributed by atoms with Crippen LogP contribution >= 0.6 is 11.6 Å². The largest absolute Gasteiger partial charge is 0.479 e. The number of carboxylic acids is 1. The van der Waals surface area contributed by atoms with Crippen molar-refractivity contribution >= 4 is 17.6 Å². The predicted molar refractivity (Wildman–Crippen MR) is 69.1 cm³/mol. The Kier molecular flexibility index (Phi) is 3.06. The second-order valence-electron chi connectivity index (χ2n) is 5.70. The predicted octanol–water partition coefficient (Wildman–Crippen LogP) is 2.15. The van der Waals surface area contributed by atoms with Gasteiger partial charge in [0, 0.05) is 13.3 Å². The van der Waals surface area contributed by atoms with Gasteiger partial charge in [-0.2, -0.15) is 5.10 Å². The third-order valence-electron chi connectivity index (χ3n) is 4.72. The van der Waals surface area contributed by atoms with Gasteiger partial charge in [0.1, 0.15) is 0 Å². The lowest BCUT2D eigenvalue weighted by atomic mass is 9.93. The van der Waals surface area contributed by atoms with Crippen LogP contribution in [0, 0.1) is 11.8 Å². The molecule has 0 aliphatic heterocycles. The van der Waals surface area contributed by atoms with E-state index < -0.39 is 11.5 Å². The summed E-state index contributed by atoms with van der Waals surface area (Å²) in [6.45, 7) is 0. The van der Waals surface area contributed by atoms with E-state index in [9.17, 15) is 9.90 Å². The van der Waals surface area contributed by atoms with Crippen molar-refractivity contribution in [1.29, 1.82) is 0 Å². The van der Waals surface area contributed by atoms with Crippen LogP contribution in [0.1, 0.15) is 25.7 Å². The molecule has 4 atom stereocenters. The van der Waals surface area contributed by atoms with Crippen LogP contribution in [0.25, 0.3) is 0 Å². The van der Waals surface area contributed by atoms with E-state index in [1.54, 1.807) is 13.3 Å². The van der Waals surface area contributed by atoms with Crippen LogP contribution in [0.4, 0.5) is 0 Å². The first-order chi connectivity index (χ1) is 9.05. The number of rotatable bonds is 3. The van der Waals surface area contributed by atoms with Gasteiger partial charge in [-0.05, 0) is 37.5 Å². The number of hydrogen-bond acceptors (Lipinski definition) is 3. The quantitative estimate of drug-likeness (QED) is 0.924. The molecule has 6 heteroatoms. The number of halogens is 1. The lowest BCUT2D eigenvalue weighted by Gasteiger charge is -2.26. The number of carboxylic acid groups (broad SMARTS) is 1. The first-order valence-corrected chi connectivity index (χ1v) is 6.90. The fraction of sp³-hybridized carbons (Fsp3) is 0.692. The van der Waals surface area contributed by atoms with E-state index >= 15 is 0 Å². The Morgan fingerprint density at radius 1 is 1.53 bits per heavy atom. The van der Waals surface area contributed by atoms with Crippen LogP contribution in [-0.4, -0.2) is 34.1 Å². The number of ether oxygens (including phenoxy) is 1. The standard InChI is InChI=1S/C13H17ClN2O3/c1-19-11-2-8-4-13(12(17)18,5-9(8)3-11)16-7-10(14)6-15-16/h6-9,11H,2-5H2,1H3,(H,17,18)/t8-,9+,11?,13?. The van der Waals surface area contributed by atoms with Crippen molar-refractivity contribution in [1.82, 2.24) is 9.78 Å². The van der Waals surface area contributed by atoms with Gasteiger partial charge in [0.15, 0.2) is 5.54 Å². The maximum Gasteiger partial charge on any atom is 0.331 e. The van der Waals surface area contributed by atoms with Gasteiger partial charge in [-0.3, -0.25) is 4.68 Å². The molecule has 2 aliphatic carbocycles. The summed E-state index contributed by atoms with van der Waals surface area (Å²) in [5, 5.41) is 14.3. The van der Waals surface area contributed by atoms with Gasteiger partial charge in [-0.15, -0.1) is 0 Å². The minimum absolute atomic E-state index is 0.281. The summed E-state index contributed by atoms with van der Waals surface area (Å²) < 4.78 is 6.93. The molecule has 19 heavy (non-hydrogen) atoms. The average Bonchev–Trinajstić information content (AvgIpc) is 3.00. The molecule has 2 unspecified atom stereocenters. The molecule has 2 fully saturated rings. The number of fused-ring (bicyclic) bond motifs is 1. The molecule has 2 aliphatic rings. The highest BCUT2D eigenvalue weighted by molar-refractivity contribution is 6.30. The van der Waals surface area contributed by atoms with Gasteiger partial charge in [-0.1, -0.05) is 11.6 Å². The molecule has 1 heterocycles. The Morgan fingerprint density at radius 3 is 2.58 bits per heavy atom. The summed E-state index contributed by atoms with van der Waals surface area (Å²) in [7, 11) is 1.73. The van der Waals surface area contributed by atoms with E-state index in [4.69, 9.17) is 16.3 Å². The lowest BCUT2D eigenvalue weighted by molar-refractivity contribution is -0.148. The molecule has 1 aromatic heterocycles. The van der Waals surface area contributed by atoms with Crippen LogP contribution in [-0.2, 0) is 15.1 Å². The molecule has 0 spiro atoms. The summed E-state index contributed by atoms with van der Waals surface area (Å²) in [5.74, 6) is 0.00341. The highest BCUT2D eigenvalue weighted by atomic mass is 35.5. The molecule has 1 N–H and O–H groups in total. The van der Waals surface area contributed by atoms with E-state index in [0.29, 0.717) is 29.7 Å². The van der Waals surface area contributed by atoms with Crippen molar-refractivity contribution in [2.45, 2.75) is 37.3 Å². The number of nitrogens with zero attached hydrogens (tertiary/aromatic N) is 2. The molecular formula is C13H17ClN2O3. The third-order valence-corrected chi connectivity index (χ3v) is 4.91. The van der Waals surface area contributed by atoms with Gasteiger partial charge in [0.25, 0.3) is 0 Å². The van der Waals surface area contributed by atoms with Gasteiger partial charge < -0.3 is 9.84 Å². The molecule has 3 rings (SSSR count). The Balaban J connectivity index is 1.88. The fourth-order valence-electron chi connectivity index (χ4n) is 3.79. The zero-order valence-corrected chi connectivity index (χ0v) is 11.5. The van der Waals surface area contributed by atoms with Crippen molar-refractivity contribution in [3.63, 3.8) is 0 Å². The highest BCUT2D eigenvalue weighted by Gasteiger charge is 2.55. The summed E-state index contributed by atoms with van der Waals surface area (Å²) in [6.07, 6.45) is 6.53. The molecular weight excluding hydrogens is 268 g/mol.